The third kappa shape index (κ3) is 5.31. The van der Waals surface area contributed by atoms with Crippen LogP contribution in [0.3, 0.4) is 0 Å². The average molecular weight is 452 g/mol. The molecule has 1 aliphatic heterocycles. The SMILES string of the molecule is Cc1ncccc1COc1ccc(S(=O)(=O)N2C[C@H](C)O[C@@H](C)[C@H]2OC(=O)NO)cc1. The number of hydrogen-bond acceptors (Lipinski definition) is 8. The van der Waals surface area contributed by atoms with E-state index >= 15 is 0 Å². The predicted molar refractivity (Wildman–Crippen MR) is 109 cm³/mol. The Kier molecular flexibility index (Phi) is 7.11. The van der Waals surface area contributed by atoms with Crippen molar-refractivity contribution < 1.29 is 32.6 Å². The lowest BCUT2D eigenvalue weighted by atomic mass is 10.2. The fraction of sp³-hybridized carbons (Fsp3) is 0.400. The van der Waals surface area contributed by atoms with Crippen LogP contribution in [-0.2, 0) is 26.1 Å². The minimum absolute atomic E-state index is 0.0108. The number of hydrogen-bond donors (Lipinski definition) is 2. The number of rotatable bonds is 6. The summed E-state index contributed by atoms with van der Waals surface area (Å²) in [5.74, 6) is 0.498. The number of amides is 1. The summed E-state index contributed by atoms with van der Waals surface area (Å²) >= 11 is 0. The van der Waals surface area contributed by atoms with E-state index in [2.05, 4.69) is 4.98 Å². The van der Waals surface area contributed by atoms with Crippen molar-refractivity contribution in [1.29, 1.82) is 0 Å². The standard InChI is InChI=1S/C20H25N3O7S/c1-13-11-23(19(15(3)29-13)30-20(24)22-25)31(26,27)18-8-6-17(7-9-18)28-12-16-5-4-10-21-14(16)2/h4-10,13,15,19,25H,11-12H2,1-3H3,(H,22,24)/t13-,15-,19+/m0/s1. The van der Waals surface area contributed by atoms with E-state index in [-0.39, 0.29) is 11.4 Å². The summed E-state index contributed by atoms with van der Waals surface area (Å²) in [7, 11) is -4.02. The largest absolute Gasteiger partial charge is 0.489 e. The Morgan fingerprint density at radius 1 is 1.29 bits per heavy atom. The van der Waals surface area contributed by atoms with Crippen LogP contribution in [0, 0.1) is 6.92 Å². The van der Waals surface area contributed by atoms with Crippen molar-refractivity contribution >= 4 is 16.1 Å². The fourth-order valence-electron chi connectivity index (χ4n) is 3.27. The monoisotopic (exact) mass is 451 g/mol. The molecule has 168 valence electrons. The zero-order chi connectivity index (χ0) is 22.6. The second-order valence-corrected chi connectivity index (χ2v) is 9.03. The van der Waals surface area contributed by atoms with Gasteiger partial charge in [0, 0.05) is 24.0 Å². The molecule has 2 heterocycles. The number of carbonyl (C=O) groups is 1. The average Bonchev–Trinajstić information content (AvgIpc) is 2.75. The van der Waals surface area contributed by atoms with E-state index in [1.54, 1.807) is 32.2 Å². The third-order valence-corrected chi connectivity index (χ3v) is 6.67. The smallest absolute Gasteiger partial charge is 0.432 e. The molecule has 1 fully saturated rings. The summed E-state index contributed by atoms with van der Waals surface area (Å²) in [4.78, 5) is 15.7. The van der Waals surface area contributed by atoms with Gasteiger partial charge in [-0.1, -0.05) is 6.07 Å². The molecular weight excluding hydrogens is 426 g/mol. The minimum atomic E-state index is -4.02. The number of pyridine rings is 1. The first kappa shape index (κ1) is 22.9. The molecule has 11 heteroatoms. The fourth-order valence-corrected chi connectivity index (χ4v) is 4.91. The molecule has 1 aromatic carbocycles. The lowest BCUT2D eigenvalue weighted by Gasteiger charge is -2.40. The number of carbonyl (C=O) groups excluding carboxylic acids is 1. The number of hydroxylamine groups is 1. The first-order chi connectivity index (χ1) is 14.7. The quantitative estimate of drug-likeness (QED) is 0.506. The Bertz CT molecular complexity index is 1010. The number of nitrogens with one attached hydrogen (secondary N) is 1. The molecule has 31 heavy (non-hydrogen) atoms. The van der Waals surface area contributed by atoms with Crippen LogP contribution in [0.1, 0.15) is 25.1 Å². The molecule has 0 unspecified atom stereocenters. The lowest BCUT2D eigenvalue weighted by Crippen LogP contribution is -2.57. The summed E-state index contributed by atoms with van der Waals surface area (Å²) in [5, 5.41) is 8.74. The second kappa shape index (κ2) is 9.60. The third-order valence-electron chi connectivity index (χ3n) is 4.83. The van der Waals surface area contributed by atoms with Crippen molar-refractivity contribution in [3.05, 3.63) is 53.9 Å². The maximum Gasteiger partial charge on any atom is 0.432 e. The molecule has 10 nitrogen and oxygen atoms in total. The van der Waals surface area contributed by atoms with Gasteiger partial charge in [0.05, 0.1) is 11.0 Å². The first-order valence-electron chi connectivity index (χ1n) is 9.63. The molecule has 0 saturated carbocycles. The van der Waals surface area contributed by atoms with Gasteiger partial charge in [0.2, 0.25) is 10.0 Å². The van der Waals surface area contributed by atoms with Crippen molar-refractivity contribution in [3.8, 4) is 5.75 Å². The molecule has 1 aromatic heterocycles. The zero-order valence-corrected chi connectivity index (χ0v) is 18.2. The summed E-state index contributed by atoms with van der Waals surface area (Å²) in [6, 6.07) is 9.69. The van der Waals surface area contributed by atoms with Crippen molar-refractivity contribution in [2.75, 3.05) is 6.54 Å². The van der Waals surface area contributed by atoms with Gasteiger partial charge in [-0.05, 0) is 51.1 Å². The minimum Gasteiger partial charge on any atom is -0.489 e. The molecule has 1 amide bonds. The summed E-state index contributed by atoms with van der Waals surface area (Å²) in [6.45, 7) is 5.48. The molecular formula is C20H25N3O7S. The highest BCUT2D eigenvalue weighted by Gasteiger charge is 2.43. The van der Waals surface area contributed by atoms with Gasteiger partial charge in [0.1, 0.15) is 18.5 Å². The molecule has 0 bridgehead atoms. The van der Waals surface area contributed by atoms with Crippen LogP contribution >= 0.6 is 0 Å². The van der Waals surface area contributed by atoms with Gasteiger partial charge >= 0.3 is 6.09 Å². The van der Waals surface area contributed by atoms with Crippen LogP contribution in [0.4, 0.5) is 4.79 Å². The van der Waals surface area contributed by atoms with E-state index in [0.29, 0.717) is 12.4 Å². The van der Waals surface area contributed by atoms with Crippen molar-refractivity contribution in [1.82, 2.24) is 14.8 Å². The van der Waals surface area contributed by atoms with Gasteiger partial charge in [0.15, 0.2) is 6.23 Å². The predicted octanol–water partition coefficient (Wildman–Crippen LogP) is 2.21. The van der Waals surface area contributed by atoms with Crippen LogP contribution in [-0.4, -0.2) is 54.0 Å². The molecule has 2 aromatic rings. The number of sulfonamides is 1. The summed E-state index contributed by atoms with van der Waals surface area (Å²) in [5.41, 5.74) is 3.12. The molecule has 3 atom stereocenters. The van der Waals surface area contributed by atoms with E-state index in [1.807, 2.05) is 19.1 Å². The summed E-state index contributed by atoms with van der Waals surface area (Å²) in [6.07, 6.45) is -1.86. The highest BCUT2D eigenvalue weighted by molar-refractivity contribution is 7.89. The van der Waals surface area contributed by atoms with E-state index in [4.69, 9.17) is 19.4 Å². The Morgan fingerprint density at radius 2 is 2.00 bits per heavy atom. The number of aromatic nitrogens is 1. The maximum atomic E-state index is 13.2. The molecule has 0 spiro atoms. The van der Waals surface area contributed by atoms with Gasteiger partial charge in [-0.3, -0.25) is 10.2 Å². The van der Waals surface area contributed by atoms with Crippen molar-refractivity contribution in [2.45, 2.75) is 50.7 Å². The van der Waals surface area contributed by atoms with Gasteiger partial charge in [0.25, 0.3) is 0 Å². The number of benzene rings is 1. The lowest BCUT2D eigenvalue weighted by molar-refractivity contribution is -0.151. The van der Waals surface area contributed by atoms with E-state index < -0.39 is 34.6 Å². The molecule has 0 aliphatic carbocycles. The topological polar surface area (TPSA) is 127 Å². The highest BCUT2D eigenvalue weighted by atomic mass is 32.2. The molecule has 0 radical (unpaired) electrons. The maximum absolute atomic E-state index is 13.2. The van der Waals surface area contributed by atoms with Crippen LogP contribution in [0.25, 0.3) is 0 Å². The Morgan fingerprint density at radius 3 is 2.65 bits per heavy atom. The Labute approximate surface area is 180 Å². The molecule has 2 N–H and O–H groups in total. The van der Waals surface area contributed by atoms with Gasteiger partial charge in [-0.2, -0.15) is 4.31 Å². The zero-order valence-electron chi connectivity index (χ0n) is 17.4. The summed E-state index contributed by atoms with van der Waals surface area (Å²) < 4.78 is 43.9. The second-order valence-electron chi connectivity index (χ2n) is 7.14. The van der Waals surface area contributed by atoms with Crippen molar-refractivity contribution in [3.63, 3.8) is 0 Å². The normalized spacial score (nSPS) is 22.0. The molecule has 3 rings (SSSR count). The number of morpholine rings is 1. The van der Waals surface area contributed by atoms with Crippen LogP contribution in [0.5, 0.6) is 5.75 Å². The van der Waals surface area contributed by atoms with E-state index in [0.717, 1.165) is 15.6 Å². The van der Waals surface area contributed by atoms with Gasteiger partial charge < -0.3 is 14.2 Å². The molecule has 1 aliphatic rings. The van der Waals surface area contributed by atoms with E-state index in [9.17, 15) is 13.2 Å². The van der Waals surface area contributed by atoms with Crippen LogP contribution in [0.2, 0.25) is 0 Å². The van der Waals surface area contributed by atoms with Gasteiger partial charge in [-0.25, -0.2) is 18.7 Å². The Hall–Kier alpha value is -2.73. The highest BCUT2D eigenvalue weighted by Crippen LogP contribution is 2.28. The number of aryl methyl sites for hydroxylation is 1. The first-order valence-corrected chi connectivity index (χ1v) is 11.1. The van der Waals surface area contributed by atoms with Crippen molar-refractivity contribution in [2.24, 2.45) is 0 Å². The van der Waals surface area contributed by atoms with E-state index in [1.165, 1.54) is 17.6 Å². The molecule has 1 saturated heterocycles. The van der Waals surface area contributed by atoms with Crippen LogP contribution < -0.4 is 10.2 Å². The van der Waals surface area contributed by atoms with Crippen LogP contribution in [0.15, 0.2) is 47.5 Å². The number of ether oxygens (including phenoxy) is 3. The van der Waals surface area contributed by atoms with Gasteiger partial charge in [-0.15, -0.1) is 0 Å². The number of nitrogens with zero attached hydrogens (tertiary/aromatic N) is 2. The Balaban J connectivity index is 1.78.